The zero-order chi connectivity index (χ0) is 18.9. The summed E-state index contributed by atoms with van der Waals surface area (Å²) in [4.78, 5) is 23.2. The van der Waals surface area contributed by atoms with Gasteiger partial charge in [-0.25, -0.2) is 0 Å². The maximum absolute atomic E-state index is 12.4. The second-order valence-corrected chi connectivity index (χ2v) is 6.57. The molecule has 5 heteroatoms. The number of carbonyl (C=O) groups excluding carboxylic acids is 1. The molecule has 26 heavy (non-hydrogen) atoms. The van der Waals surface area contributed by atoms with E-state index >= 15 is 0 Å². The van der Waals surface area contributed by atoms with Gasteiger partial charge in [-0.3, -0.25) is 9.59 Å². The van der Waals surface area contributed by atoms with Gasteiger partial charge in [0.1, 0.15) is 12.1 Å². The van der Waals surface area contributed by atoms with Crippen LogP contribution in [0, 0.1) is 5.92 Å². The first-order chi connectivity index (χ1) is 12.5. The van der Waals surface area contributed by atoms with Crippen LogP contribution in [0.2, 0.25) is 0 Å². The molecule has 0 spiro atoms. The Morgan fingerprint density at radius 3 is 2.19 bits per heavy atom. The van der Waals surface area contributed by atoms with Crippen LogP contribution in [0.15, 0.2) is 60.7 Å². The summed E-state index contributed by atoms with van der Waals surface area (Å²) in [6.07, 6.45) is 0.573. The van der Waals surface area contributed by atoms with E-state index in [1.165, 1.54) is 0 Å². The van der Waals surface area contributed by atoms with Gasteiger partial charge in [-0.15, -0.1) is 0 Å². The van der Waals surface area contributed by atoms with Crippen molar-refractivity contribution in [2.24, 2.45) is 11.7 Å². The molecule has 0 bridgehead atoms. The highest BCUT2D eigenvalue weighted by atomic mass is 16.5. The van der Waals surface area contributed by atoms with Crippen molar-refractivity contribution in [3.8, 4) is 0 Å². The van der Waals surface area contributed by atoms with Crippen LogP contribution < -0.4 is 5.73 Å². The summed E-state index contributed by atoms with van der Waals surface area (Å²) in [6.45, 7) is 1.80. The van der Waals surface area contributed by atoms with E-state index in [1.807, 2.05) is 60.7 Å². The monoisotopic (exact) mass is 355 g/mol. The Labute approximate surface area is 153 Å². The highest BCUT2D eigenvalue weighted by molar-refractivity contribution is 5.73. The van der Waals surface area contributed by atoms with E-state index in [0.717, 1.165) is 11.1 Å². The summed E-state index contributed by atoms with van der Waals surface area (Å²) in [5.74, 6) is -1.57. The topological polar surface area (TPSA) is 89.6 Å². The summed E-state index contributed by atoms with van der Waals surface area (Å²) in [5.41, 5.74) is 7.54. The fourth-order valence-electron chi connectivity index (χ4n) is 2.83. The quantitative estimate of drug-likeness (QED) is 0.673. The first kappa shape index (κ1) is 19.7. The van der Waals surface area contributed by atoms with E-state index in [4.69, 9.17) is 15.6 Å². The second-order valence-electron chi connectivity index (χ2n) is 6.57. The summed E-state index contributed by atoms with van der Waals surface area (Å²) in [6, 6.07) is 18.5. The van der Waals surface area contributed by atoms with Crippen molar-refractivity contribution in [2.45, 2.75) is 38.3 Å². The Morgan fingerprint density at radius 2 is 1.62 bits per heavy atom. The molecule has 0 saturated carbocycles. The number of hydrogen-bond donors (Lipinski definition) is 2. The maximum atomic E-state index is 12.4. The predicted molar refractivity (Wildman–Crippen MR) is 99.4 cm³/mol. The molecule has 2 aromatic rings. The van der Waals surface area contributed by atoms with Crippen LogP contribution in [-0.2, 0) is 20.7 Å². The Bertz CT molecular complexity index is 702. The molecule has 0 saturated heterocycles. The second kappa shape index (κ2) is 9.73. The summed E-state index contributed by atoms with van der Waals surface area (Å²) >= 11 is 0. The van der Waals surface area contributed by atoms with Crippen molar-refractivity contribution in [3.63, 3.8) is 0 Å². The van der Waals surface area contributed by atoms with Crippen molar-refractivity contribution in [3.05, 3.63) is 71.8 Å². The van der Waals surface area contributed by atoms with E-state index in [9.17, 15) is 9.59 Å². The zero-order valence-corrected chi connectivity index (χ0v) is 14.9. The molecule has 0 fully saturated rings. The van der Waals surface area contributed by atoms with Gasteiger partial charge in [0.05, 0.1) is 0 Å². The maximum Gasteiger partial charge on any atom is 0.320 e. The fraction of sp³-hybridized carbons (Fsp3) is 0.333. The Balaban J connectivity index is 2.02. The van der Waals surface area contributed by atoms with Gasteiger partial charge in [0.2, 0.25) is 0 Å². The smallest absolute Gasteiger partial charge is 0.320 e. The van der Waals surface area contributed by atoms with E-state index < -0.39 is 12.0 Å². The van der Waals surface area contributed by atoms with Gasteiger partial charge in [0, 0.05) is 12.8 Å². The number of hydrogen-bond acceptors (Lipinski definition) is 4. The Hall–Kier alpha value is -2.66. The number of benzene rings is 2. The van der Waals surface area contributed by atoms with Crippen LogP contribution >= 0.6 is 0 Å². The number of rotatable bonds is 9. The van der Waals surface area contributed by atoms with Gasteiger partial charge in [-0.05, 0) is 23.5 Å². The van der Waals surface area contributed by atoms with Crippen LogP contribution in [-0.4, -0.2) is 23.1 Å². The molecule has 3 N–H and O–H groups in total. The number of carboxylic acid groups (broad SMARTS) is 1. The van der Waals surface area contributed by atoms with Gasteiger partial charge in [0.15, 0.2) is 0 Å². The number of ether oxygens (including phenoxy) is 1. The molecule has 3 atom stereocenters. The van der Waals surface area contributed by atoms with Gasteiger partial charge in [-0.2, -0.15) is 0 Å². The van der Waals surface area contributed by atoms with Crippen molar-refractivity contribution in [2.75, 3.05) is 0 Å². The van der Waals surface area contributed by atoms with Crippen molar-refractivity contribution < 1.29 is 19.4 Å². The summed E-state index contributed by atoms with van der Waals surface area (Å²) < 4.78 is 5.73. The summed E-state index contributed by atoms with van der Waals surface area (Å²) in [5, 5.41) is 8.88. The van der Waals surface area contributed by atoms with Gasteiger partial charge >= 0.3 is 11.9 Å². The largest absolute Gasteiger partial charge is 0.480 e. The molecule has 2 aromatic carbocycles. The minimum absolute atomic E-state index is 0.138. The highest BCUT2D eigenvalue weighted by Gasteiger charge is 2.22. The zero-order valence-electron chi connectivity index (χ0n) is 14.9. The molecule has 5 nitrogen and oxygen atoms in total. The Morgan fingerprint density at radius 1 is 1.04 bits per heavy atom. The third-order valence-corrected chi connectivity index (χ3v) is 4.20. The fourth-order valence-corrected chi connectivity index (χ4v) is 2.83. The van der Waals surface area contributed by atoms with Crippen molar-refractivity contribution >= 4 is 11.9 Å². The average Bonchev–Trinajstić information content (AvgIpc) is 2.62. The SMILES string of the molecule is CC(CC(=O)OC(Cc1ccccc1)c1ccccc1)C[C@H](N)C(=O)O. The molecule has 0 aliphatic carbocycles. The molecular weight excluding hydrogens is 330 g/mol. The van der Waals surface area contributed by atoms with Gasteiger partial charge < -0.3 is 15.6 Å². The molecule has 138 valence electrons. The molecule has 0 aromatic heterocycles. The molecule has 2 unspecified atom stereocenters. The molecule has 0 heterocycles. The number of aliphatic carboxylic acids is 1. The van der Waals surface area contributed by atoms with Gasteiger partial charge in [0.25, 0.3) is 0 Å². The number of esters is 1. The first-order valence-electron chi connectivity index (χ1n) is 8.72. The van der Waals surface area contributed by atoms with Crippen LogP contribution in [0.5, 0.6) is 0 Å². The van der Waals surface area contributed by atoms with Crippen LogP contribution in [0.25, 0.3) is 0 Å². The van der Waals surface area contributed by atoms with Crippen LogP contribution in [0.1, 0.15) is 37.0 Å². The normalized spacial score (nSPS) is 14.2. The molecule has 0 radical (unpaired) electrons. The first-order valence-corrected chi connectivity index (χ1v) is 8.72. The third-order valence-electron chi connectivity index (χ3n) is 4.20. The highest BCUT2D eigenvalue weighted by Crippen LogP contribution is 2.24. The predicted octanol–water partition coefficient (Wildman–Crippen LogP) is 3.34. The molecule has 2 rings (SSSR count). The standard InChI is InChI=1S/C21H25NO4/c1-15(12-18(22)21(24)25)13-20(23)26-19(17-10-6-3-7-11-17)14-16-8-4-2-5-9-16/h2-11,15,18-19H,12-14,22H2,1H3,(H,24,25)/t15?,18-,19?/m0/s1. The lowest BCUT2D eigenvalue weighted by Crippen LogP contribution is -2.32. The van der Waals surface area contributed by atoms with Crippen molar-refractivity contribution in [1.29, 1.82) is 0 Å². The molecular formula is C21H25NO4. The number of carboxylic acids is 1. The molecule has 0 aliphatic heterocycles. The third kappa shape index (κ3) is 6.33. The Kier molecular flexibility index (Phi) is 7.36. The number of nitrogens with two attached hydrogens (primary N) is 1. The van der Waals surface area contributed by atoms with Gasteiger partial charge in [-0.1, -0.05) is 67.6 Å². The van der Waals surface area contributed by atoms with E-state index in [1.54, 1.807) is 6.92 Å². The minimum atomic E-state index is -1.06. The lowest BCUT2D eigenvalue weighted by molar-refractivity contribution is -0.151. The van der Waals surface area contributed by atoms with Crippen LogP contribution in [0.3, 0.4) is 0 Å². The van der Waals surface area contributed by atoms with Crippen molar-refractivity contribution in [1.82, 2.24) is 0 Å². The molecule has 0 aliphatic rings. The van der Waals surface area contributed by atoms with E-state index in [-0.39, 0.29) is 30.8 Å². The average molecular weight is 355 g/mol. The molecule has 0 amide bonds. The lowest BCUT2D eigenvalue weighted by atomic mass is 9.98. The minimum Gasteiger partial charge on any atom is -0.480 e. The number of carbonyl (C=O) groups is 2. The van der Waals surface area contributed by atoms with Crippen LogP contribution in [0.4, 0.5) is 0 Å². The summed E-state index contributed by atoms with van der Waals surface area (Å²) in [7, 11) is 0. The van der Waals surface area contributed by atoms with E-state index in [2.05, 4.69) is 0 Å². The lowest BCUT2D eigenvalue weighted by Gasteiger charge is -2.20. The van der Waals surface area contributed by atoms with E-state index in [0.29, 0.717) is 6.42 Å².